The fourth-order valence-electron chi connectivity index (χ4n) is 2.73. The predicted octanol–water partition coefficient (Wildman–Crippen LogP) is -0.898. The molecule has 0 bridgehead atoms. The first-order valence-electron chi connectivity index (χ1n) is 8.70. The molecule has 0 spiro atoms. The summed E-state index contributed by atoms with van der Waals surface area (Å²) in [5.41, 5.74) is 1.51. The number of nitrogens with zero attached hydrogens (tertiary/aromatic N) is 1. The summed E-state index contributed by atoms with van der Waals surface area (Å²) in [5.74, 6) is -2.36. The van der Waals surface area contributed by atoms with Crippen molar-refractivity contribution in [1.29, 1.82) is 5.26 Å². The molecule has 2 N–H and O–H groups in total. The molecular formula is C22H18F2NNaO4. The zero-order chi connectivity index (χ0) is 21.4. The van der Waals surface area contributed by atoms with E-state index in [2.05, 4.69) is 0 Å². The number of hydrogen-bond acceptors (Lipinski definition) is 5. The Hall–Kier alpha value is -2.34. The van der Waals surface area contributed by atoms with Crippen LogP contribution in [-0.2, 0) is 4.79 Å². The summed E-state index contributed by atoms with van der Waals surface area (Å²) in [6.07, 6.45) is -0.839. The molecule has 0 aliphatic heterocycles. The Morgan fingerprint density at radius 3 is 1.90 bits per heavy atom. The number of carboxylic acids is 1. The summed E-state index contributed by atoms with van der Waals surface area (Å²) < 4.78 is 26.6. The largest absolute Gasteiger partial charge is 1.00 e. The molecule has 0 unspecified atom stereocenters. The molecule has 0 radical (unpaired) electrons. The summed E-state index contributed by atoms with van der Waals surface area (Å²) in [6.45, 7) is 0. The van der Waals surface area contributed by atoms with Crippen LogP contribution in [0.1, 0.15) is 24.0 Å². The molecule has 0 fully saturated rings. The van der Waals surface area contributed by atoms with Gasteiger partial charge in [-0.3, -0.25) is 0 Å². The van der Waals surface area contributed by atoms with Gasteiger partial charge in [-0.15, -0.1) is 0 Å². The van der Waals surface area contributed by atoms with Crippen LogP contribution < -0.4 is 34.7 Å². The number of hydrogen-bond donors (Lipinski definition) is 2. The Morgan fingerprint density at radius 2 is 1.50 bits per heavy atom. The molecule has 2 aromatic rings. The molecular weight excluding hydrogens is 403 g/mol. The van der Waals surface area contributed by atoms with E-state index in [0.717, 1.165) is 0 Å². The smallest absolute Gasteiger partial charge is 0.550 e. The Balaban J connectivity index is 0.00000450. The van der Waals surface area contributed by atoms with Crippen molar-refractivity contribution < 1.29 is 58.5 Å². The second-order valence-corrected chi connectivity index (χ2v) is 6.31. The van der Waals surface area contributed by atoms with Crippen LogP contribution in [0.3, 0.4) is 0 Å². The fourth-order valence-corrected chi connectivity index (χ4v) is 2.73. The maximum Gasteiger partial charge on any atom is 1.00 e. The Morgan fingerprint density at radius 1 is 1.03 bits per heavy atom. The third-order valence-electron chi connectivity index (χ3n) is 4.06. The normalized spacial score (nSPS) is 12.5. The van der Waals surface area contributed by atoms with Crippen molar-refractivity contribution in [3.8, 4) is 6.07 Å². The Labute approximate surface area is 194 Å². The third kappa shape index (κ3) is 7.82. The molecule has 0 heterocycles. The molecule has 0 aliphatic rings. The topological polar surface area (TPSA) is 104 Å². The summed E-state index contributed by atoms with van der Waals surface area (Å²) in [4.78, 5) is 10.5. The van der Waals surface area contributed by atoms with Gasteiger partial charge in [0, 0.05) is 24.4 Å². The number of allylic oxidation sites excluding steroid dienone is 2. The predicted molar refractivity (Wildman–Crippen MR) is 99.8 cm³/mol. The average molecular weight is 421 g/mol. The molecule has 0 saturated carbocycles. The fraction of sp³-hybridized carbons (Fsp3) is 0.182. The van der Waals surface area contributed by atoms with Gasteiger partial charge in [0.1, 0.15) is 11.6 Å². The molecule has 2 rings (SSSR count). The van der Waals surface area contributed by atoms with E-state index in [4.69, 9.17) is 0 Å². The molecule has 0 saturated heterocycles. The summed E-state index contributed by atoms with van der Waals surface area (Å²) in [6, 6.07) is 12.8. The van der Waals surface area contributed by atoms with Gasteiger partial charge in [0.2, 0.25) is 0 Å². The van der Waals surface area contributed by atoms with Crippen molar-refractivity contribution in [2.45, 2.75) is 25.0 Å². The summed E-state index contributed by atoms with van der Waals surface area (Å²) >= 11 is 0. The Bertz CT molecular complexity index is 903. The monoisotopic (exact) mass is 421 g/mol. The quantitative estimate of drug-likeness (QED) is 0.327. The summed E-state index contributed by atoms with van der Waals surface area (Å²) in [7, 11) is 0. The average Bonchev–Trinajstić information content (AvgIpc) is 2.66. The maximum absolute atomic E-state index is 13.3. The first-order valence-corrected chi connectivity index (χ1v) is 8.70. The SMILES string of the molecule is N#CC(/C=C/[C@@H](O)C[C@@H](O)CC(=O)[O-])=C(c1ccc(F)cc1)c1ccc(F)cc1.[Na+]. The third-order valence-corrected chi connectivity index (χ3v) is 4.06. The number of aliphatic hydroxyl groups is 2. The van der Waals surface area contributed by atoms with Crippen LogP contribution in [0, 0.1) is 23.0 Å². The van der Waals surface area contributed by atoms with Crippen LogP contribution >= 0.6 is 0 Å². The second kappa shape index (κ2) is 12.4. The van der Waals surface area contributed by atoms with Crippen LogP contribution in [0.15, 0.2) is 66.3 Å². The second-order valence-electron chi connectivity index (χ2n) is 6.31. The van der Waals surface area contributed by atoms with E-state index in [0.29, 0.717) is 16.7 Å². The van der Waals surface area contributed by atoms with Crippen LogP contribution in [0.2, 0.25) is 0 Å². The van der Waals surface area contributed by atoms with Crippen molar-refractivity contribution >= 4 is 11.5 Å². The van der Waals surface area contributed by atoms with Crippen molar-refractivity contribution in [3.63, 3.8) is 0 Å². The molecule has 2 atom stereocenters. The van der Waals surface area contributed by atoms with E-state index in [9.17, 15) is 34.2 Å². The molecule has 0 aromatic heterocycles. The van der Waals surface area contributed by atoms with Crippen LogP contribution in [0.4, 0.5) is 8.78 Å². The van der Waals surface area contributed by atoms with Gasteiger partial charge >= 0.3 is 29.6 Å². The maximum atomic E-state index is 13.3. The van der Waals surface area contributed by atoms with E-state index in [1.165, 1.54) is 60.7 Å². The van der Waals surface area contributed by atoms with Crippen LogP contribution in [0.25, 0.3) is 5.57 Å². The minimum absolute atomic E-state index is 0. The molecule has 0 aliphatic carbocycles. The number of carbonyl (C=O) groups excluding carboxylic acids is 1. The van der Waals surface area contributed by atoms with Gasteiger partial charge in [0.25, 0.3) is 0 Å². The zero-order valence-corrected chi connectivity index (χ0v) is 18.3. The molecule has 30 heavy (non-hydrogen) atoms. The van der Waals surface area contributed by atoms with Gasteiger partial charge in [-0.1, -0.05) is 30.3 Å². The summed E-state index contributed by atoms with van der Waals surface area (Å²) in [5, 5.41) is 39.6. The number of carboxylic acid groups (broad SMARTS) is 1. The number of benzene rings is 2. The van der Waals surface area contributed by atoms with Crippen molar-refractivity contribution in [2.75, 3.05) is 0 Å². The van der Waals surface area contributed by atoms with Crippen molar-refractivity contribution in [3.05, 3.63) is 89.0 Å². The standard InChI is InChI=1S/C22H19F2NO4.Na/c23-17-6-1-14(2-7-17)22(15-3-8-18(24)9-4-15)16(13-25)5-10-19(26)11-20(27)12-21(28)29;/h1-10,19-20,26-27H,11-12H2,(H,28,29);/q;+1/p-1/b10-5+;/t19-,20-;/m1./s1. The van der Waals surface area contributed by atoms with E-state index < -0.39 is 36.2 Å². The van der Waals surface area contributed by atoms with Crippen LogP contribution in [-0.4, -0.2) is 28.4 Å². The molecule has 150 valence electrons. The molecule has 5 nitrogen and oxygen atoms in total. The van der Waals surface area contributed by atoms with E-state index in [-0.39, 0.29) is 41.6 Å². The number of aliphatic hydroxyl groups excluding tert-OH is 2. The minimum Gasteiger partial charge on any atom is -0.550 e. The number of halogens is 2. The number of nitriles is 1. The van der Waals surface area contributed by atoms with Gasteiger partial charge in [0.15, 0.2) is 0 Å². The Kier molecular flexibility index (Phi) is 10.6. The number of rotatable bonds is 8. The van der Waals surface area contributed by atoms with Gasteiger partial charge in [-0.25, -0.2) is 8.78 Å². The number of carbonyl (C=O) groups is 1. The first-order chi connectivity index (χ1) is 13.8. The van der Waals surface area contributed by atoms with Crippen LogP contribution in [0.5, 0.6) is 0 Å². The minimum atomic E-state index is -1.44. The van der Waals surface area contributed by atoms with Gasteiger partial charge in [-0.05, 0) is 41.5 Å². The van der Waals surface area contributed by atoms with Gasteiger partial charge < -0.3 is 20.1 Å². The van der Waals surface area contributed by atoms with E-state index >= 15 is 0 Å². The molecule has 2 aromatic carbocycles. The van der Waals surface area contributed by atoms with E-state index in [1.807, 2.05) is 6.07 Å². The van der Waals surface area contributed by atoms with Crippen molar-refractivity contribution in [2.24, 2.45) is 0 Å². The van der Waals surface area contributed by atoms with Crippen molar-refractivity contribution in [1.82, 2.24) is 0 Å². The first kappa shape index (κ1) is 25.7. The van der Waals surface area contributed by atoms with Gasteiger partial charge in [0.05, 0.1) is 23.9 Å². The molecule has 8 heteroatoms. The zero-order valence-electron chi connectivity index (χ0n) is 16.3. The molecule has 0 amide bonds. The van der Waals surface area contributed by atoms with Gasteiger partial charge in [-0.2, -0.15) is 5.26 Å². The van der Waals surface area contributed by atoms with E-state index in [1.54, 1.807) is 0 Å². The number of aliphatic carboxylic acids is 1.